The molecular formula is C15H14O4S. The second-order valence-corrected chi connectivity index (χ2v) is 5.03. The first-order valence-corrected chi connectivity index (χ1v) is 6.95. The molecule has 2 aromatic carbocycles. The number of carbonyl (C=O) groups is 2. The highest BCUT2D eigenvalue weighted by molar-refractivity contribution is 8.00. The highest BCUT2D eigenvalue weighted by atomic mass is 32.2. The Hall–Kier alpha value is -2.01. The number of hydrogen-bond acceptors (Lipinski definition) is 5. The second kappa shape index (κ2) is 6.43. The van der Waals surface area contributed by atoms with Crippen LogP contribution in [0.15, 0.2) is 41.3 Å². The van der Waals surface area contributed by atoms with Gasteiger partial charge in [-0.05, 0) is 22.9 Å². The van der Waals surface area contributed by atoms with E-state index in [0.29, 0.717) is 5.56 Å². The molecule has 5 heteroatoms. The van der Waals surface area contributed by atoms with Gasteiger partial charge in [-0.2, -0.15) is 0 Å². The fourth-order valence-electron chi connectivity index (χ4n) is 1.88. The maximum Gasteiger partial charge on any atom is 0.338 e. The molecule has 0 aromatic heterocycles. The van der Waals surface area contributed by atoms with Crippen LogP contribution in [0.3, 0.4) is 0 Å². The Morgan fingerprint density at radius 1 is 1.00 bits per heavy atom. The van der Waals surface area contributed by atoms with Crippen LogP contribution in [0.1, 0.15) is 10.4 Å². The van der Waals surface area contributed by atoms with E-state index in [4.69, 9.17) is 4.74 Å². The zero-order valence-corrected chi connectivity index (χ0v) is 12.0. The predicted molar refractivity (Wildman–Crippen MR) is 78.0 cm³/mol. The van der Waals surface area contributed by atoms with Crippen molar-refractivity contribution in [2.75, 3.05) is 20.0 Å². The molecule has 0 aliphatic carbocycles. The van der Waals surface area contributed by atoms with E-state index >= 15 is 0 Å². The number of carbonyl (C=O) groups excluding carboxylic acids is 2. The van der Waals surface area contributed by atoms with E-state index in [9.17, 15) is 9.59 Å². The standard InChI is InChI=1S/C15H14O4S/c1-18-14(16)9-20-13-8-7-12(15(17)19-2)10-5-3-4-6-11(10)13/h3-8H,9H2,1-2H3. The smallest absolute Gasteiger partial charge is 0.338 e. The largest absolute Gasteiger partial charge is 0.468 e. The topological polar surface area (TPSA) is 52.6 Å². The summed E-state index contributed by atoms with van der Waals surface area (Å²) in [7, 11) is 2.72. The minimum atomic E-state index is -0.370. The van der Waals surface area contributed by atoms with Gasteiger partial charge in [0, 0.05) is 4.90 Å². The summed E-state index contributed by atoms with van der Waals surface area (Å²) < 4.78 is 9.41. The van der Waals surface area contributed by atoms with Crippen molar-refractivity contribution in [1.82, 2.24) is 0 Å². The van der Waals surface area contributed by atoms with Crippen molar-refractivity contribution in [3.63, 3.8) is 0 Å². The first-order chi connectivity index (χ1) is 9.67. The third-order valence-electron chi connectivity index (χ3n) is 2.86. The minimum Gasteiger partial charge on any atom is -0.468 e. The van der Waals surface area contributed by atoms with Gasteiger partial charge >= 0.3 is 11.9 Å². The van der Waals surface area contributed by atoms with Crippen LogP contribution in [0.4, 0.5) is 0 Å². The van der Waals surface area contributed by atoms with Gasteiger partial charge in [0.15, 0.2) is 0 Å². The first-order valence-electron chi connectivity index (χ1n) is 5.97. The SMILES string of the molecule is COC(=O)CSc1ccc(C(=O)OC)c2ccccc12. The summed E-state index contributed by atoms with van der Waals surface area (Å²) >= 11 is 1.38. The maximum atomic E-state index is 11.7. The fraction of sp³-hybridized carbons (Fsp3) is 0.200. The van der Waals surface area contributed by atoms with Crippen LogP contribution >= 0.6 is 11.8 Å². The fourth-order valence-corrected chi connectivity index (χ4v) is 2.77. The Morgan fingerprint density at radius 2 is 1.70 bits per heavy atom. The number of thioether (sulfide) groups is 1. The zero-order valence-electron chi connectivity index (χ0n) is 11.2. The molecule has 0 atom stereocenters. The van der Waals surface area contributed by atoms with Gasteiger partial charge in [-0.1, -0.05) is 24.3 Å². The lowest BCUT2D eigenvalue weighted by atomic mass is 10.0. The van der Waals surface area contributed by atoms with Crippen molar-refractivity contribution in [3.05, 3.63) is 42.0 Å². The van der Waals surface area contributed by atoms with Crippen LogP contribution in [0.5, 0.6) is 0 Å². The molecule has 0 bridgehead atoms. The number of benzene rings is 2. The third-order valence-corrected chi connectivity index (χ3v) is 3.91. The summed E-state index contributed by atoms with van der Waals surface area (Å²) in [5, 5.41) is 1.73. The summed E-state index contributed by atoms with van der Waals surface area (Å²) in [6.45, 7) is 0. The Balaban J connectivity index is 2.43. The Kier molecular flexibility index (Phi) is 4.63. The van der Waals surface area contributed by atoms with Crippen molar-refractivity contribution >= 4 is 34.5 Å². The van der Waals surface area contributed by atoms with E-state index in [1.54, 1.807) is 6.07 Å². The predicted octanol–water partition coefficient (Wildman–Crippen LogP) is 2.89. The van der Waals surface area contributed by atoms with Crippen molar-refractivity contribution in [2.45, 2.75) is 4.90 Å². The van der Waals surface area contributed by atoms with Crippen molar-refractivity contribution < 1.29 is 19.1 Å². The van der Waals surface area contributed by atoms with Gasteiger partial charge in [0.05, 0.1) is 25.5 Å². The molecule has 0 saturated heterocycles. The van der Waals surface area contributed by atoms with E-state index in [2.05, 4.69) is 4.74 Å². The average molecular weight is 290 g/mol. The van der Waals surface area contributed by atoms with Gasteiger partial charge in [-0.25, -0.2) is 4.79 Å². The van der Waals surface area contributed by atoms with Gasteiger partial charge < -0.3 is 9.47 Å². The molecule has 2 rings (SSSR count). The molecule has 2 aromatic rings. The van der Waals surface area contributed by atoms with E-state index in [1.807, 2.05) is 30.3 Å². The molecule has 104 valence electrons. The minimum absolute atomic E-state index is 0.234. The van der Waals surface area contributed by atoms with E-state index < -0.39 is 0 Å². The number of methoxy groups -OCH3 is 2. The maximum absolute atomic E-state index is 11.7. The van der Waals surface area contributed by atoms with Crippen molar-refractivity contribution in [1.29, 1.82) is 0 Å². The molecule has 0 radical (unpaired) electrons. The lowest BCUT2D eigenvalue weighted by molar-refractivity contribution is -0.137. The molecule has 0 N–H and O–H groups in total. The van der Waals surface area contributed by atoms with Crippen LogP contribution in [-0.4, -0.2) is 31.9 Å². The summed E-state index contributed by atoms with van der Waals surface area (Å²) in [5.41, 5.74) is 0.519. The number of hydrogen-bond donors (Lipinski definition) is 0. The molecule has 0 aliphatic rings. The van der Waals surface area contributed by atoms with Crippen LogP contribution in [0.2, 0.25) is 0 Å². The Morgan fingerprint density at radius 3 is 2.35 bits per heavy atom. The summed E-state index contributed by atoms with van der Waals surface area (Å²) in [5.74, 6) is -0.417. The normalized spacial score (nSPS) is 10.3. The molecule has 0 saturated carbocycles. The molecule has 20 heavy (non-hydrogen) atoms. The summed E-state index contributed by atoms with van der Waals surface area (Å²) in [4.78, 5) is 23.9. The molecule has 0 amide bonds. The molecule has 0 heterocycles. The highest BCUT2D eigenvalue weighted by Crippen LogP contribution is 2.30. The number of fused-ring (bicyclic) bond motifs is 1. The van der Waals surface area contributed by atoms with Gasteiger partial charge in [0.2, 0.25) is 0 Å². The molecule has 4 nitrogen and oxygen atoms in total. The number of rotatable bonds is 4. The van der Waals surface area contributed by atoms with E-state index in [0.717, 1.165) is 15.7 Å². The molecule has 0 spiro atoms. The quantitative estimate of drug-likeness (QED) is 0.640. The van der Waals surface area contributed by atoms with Crippen molar-refractivity contribution in [3.8, 4) is 0 Å². The first kappa shape index (κ1) is 14.4. The Bertz CT molecular complexity index is 651. The molecular weight excluding hydrogens is 276 g/mol. The van der Waals surface area contributed by atoms with Crippen LogP contribution < -0.4 is 0 Å². The van der Waals surface area contributed by atoms with Gasteiger partial charge in [0.1, 0.15) is 0 Å². The van der Waals surface area contributed by atoms with Gasteiger partial charge in [0.25, 0.3) is 0 Å². The lowest BCUT2D eigenvalue weighted by Crippen LogP contribution is -2.04. The number of esters is 2. The third kappa shape index (κ3) is 2.93. The van der Waals surface area contributed by atoms with E-state index in [1.165, 1.54) is 26.0 Å². The van der Waals surface area contributed by atoms with Gasteiger partial charge in [-0.3, -0.25) is 4.79 Å². The lowest BCUT2D eigenvalue weighted by Gasteiger charge is -2.09. The zero-order chi connectivity index (χ0) is 14.5. The average Bonchev–Trinajstić information content (AvgIpc) is 2.51. The van der Waals surface area contributed by atoms with Crippen LogP contribution in [0.25, 0.3) is 10.8 Å². The van der Waals surface area contributed by atoms with Crippen molar-refractivity contribution in [2.24, 2.45) is 0 Å². The summed E-state index contributed by atoms with van der Waals surface area (Å²) in [6, 6.07) is 11.1. The molecule has 0 fully saturated rings. The number of ether oxygens (including phenoxy) is 2. The van der Waals surface area contributed by atoms with Crippen LogP contribution in [0, 0.1) is 0 Å². The molecule has 0 aliphatic heterocycles. The van der Waals surface area contributed by atoms with E-state index in [-0.39, 0.29) is 17.7 Å². The summed E-state index contributed by atoms with van der Waals surface area (Å²) in [6.07, 6.45) is 0. The Labute approximate surface area is 121 Å². The van der Waals surface area contributed by atoms with Gasteiger partial charge in [-0.15, -0.1) is 11.8 Å². The second-order valence-electron chi connectivity index (χ2n) is 4.01. The monoisotopic (exact) mass is 290 g/mol. The van der Waals surface area contributed by atoms with Crippen LogP contribution in [-0.2, 0) is 14.3 Å². The highest BCUT2D eigenvalue weighted by Gasteiger charge is 2.13. The molecule has 0 unspecified atom stereocenters.